The summed E-state index contributed by atoms with van der Waals surface area (Å²) in [6, 6.07) is 13.1. The summed E-state index contributed by atoms with van der Waals surface area (Å²) < 4.78 is 5.76. The van der Waals surface area contributed by atoms with Crippen LogP contribution in [0.25, 0.3) is 0 Å². The zero-order chi connectivity index (χ0) is 13.1. The Morgan fingerprint density at radius 3 is 2.44 bits per heavy atom. The van der Waals surface area contributed by atoms with Gasteiger partial charge in [-0.15, -0.1) is 0 Å². The molecule has 1 N–H and O–H groups in total. The lowest BCUT2D eigenvalue weighted by Gasteiger charge is -2.12. The van der Waals surface area contributed by atoms with Gasteiger partial charge in [-0.2, -0.15) is 0 Å². The first kappa shape index (κ1) is 12.9. The van der Waals surface area contributed by atoms with Gasteiger partial charge in [-0.3, -0.25) is 0 Å². The first-order valence-corrected chi connectivity index (χ1v) is 6.16. The molecule has 0 aliphatic heterocycles. The van der Waals surface area contributed by atoms with Crippen LogP contribution in [-0.4, -0.2) is 5.11 Å². The molecule has 0 amide bonds. The van der Waals surface area contributed by atoms with E-state index in [1.165, 1.54) is 0 Å². The molecule has 18 heavy (non-hydrogen) atoms. The molecule has 0 spiro atoms. The summed E-state index contributed by atoms with van der Waals surface area (Å²) in [7, 11) is 0. The normalized spacial score (nSPS) is 12.2. The second kappa shape index (κ2) is 5.42. The van der Waals surface area contributed by atoms with Crippen molar-refractivity contribution >= 4 is 11.6 Å². The van der Waals surface area contributed by atoms with E-state index >= 15 is 0 Å². The molecule has 0 heterocycles. The van der Waals surface area contributed by atoms with Gasteiger partial charge >= 0.3 is 0 Å². The van der Waals surface area contributed by atoms with Crippen molar-refractivity contribution < 1.29 is 9.84 Å². The number of hydrogen-bond acceptors (Lipinski definition) is 2. The van der Waals surface area contributed by atoms with Crippen molar-refractivity contribution in [2.75, 3.05) is 0 Å². The first-order chi connectivity index (χ1) is 8.58. The van der Waals surface area contributed by atoms with Crippen LogP contribution in [0.1, 0.15) is 24.2 Å². The molecule has 2 rings (SSSR count). The molecule has 0 saturated carbocycles. The highest BCUT2D eigenvalue weighted by molar-refractivity contribution is 6.32. The highest BCUT2D eigenvalue weighted by Gasteiger charge is 2.08. The van der Waals surface area contributed by atoms with Gasteiger partial charge in [0.2, 0.25) is 0 Å². The summed E-state index contributed by atoms with van der Waals surface area (Å²) in [5.41, 5.74) is 1.82. The molecule has 0 fully saturated rings. The summed E-state index contributed by atoms with van der Waals surface area (Å²) >= 11 is 6.14. The van der Waals surface area contributed by atoms with Crippen LogP contribution >= 0.6 is 11.6 Å². The topological polar surface area (TPSA) is 29.5 Å². The van der Waals surface area contributed by atoms with E-state index in [1.807, 2.05) is 37.3 Å². The molecule has 2 aromatic rings. The molecule has 0 aliphatic rings. The molecular formula is C15H15ClO2. The van der Waals surface area contributed by atoms with Gasteiger partial charge in [0.1, 0.15) is 11.5 Å². The lowest BCUT2D eigenvalue weighted by atomic mass is 10.1. The largest absolute Gasteiger partial charge is 0.456 e. The predicted octanol–water partition coefficient (Wildman–Crippen LogP) is 4.49. The quantitative estimate of drug-likeness (QED) is 0.883. The standard InChI is InChI=1S/C15H15ClO2/c1-10-5-3-4-6-14(10)18-15-8-7-12(11(2)17)9-13(15)16/h3-9,11,17H,1-2H3/t11-/m0/s1. The van der Waals surface area contributed by atoms with Gasteiger partial charge in [0.25, 0.3) is 0 Å². The minimum Gasteiger partial charge on any atom is -0.456 e. The number of benzene rings is 2. The molecule has 94 valence electrons. The van der Waals surface area contributed by atoms with Crippen molar-refractivity contribution in [3.8, 4) is 11.5 Å². The highest BCUT2D eigenvalue weighted by atomic mass is 35.5. The van der Waals surface area contributed by atoms with Crippen LogP contribution in [0.15, 0.2) is 42.5 Å². The Balaban J connectivity index is 2.28. The fourth-order valence-electron chi connectivity index (χ4n) is 1.65. The van der Waals surface area contributed by atoms with E-state index in [4.69, 9.17) is 16.3 Å². The van der Waals surface area contributed by atoms with E-state index < -0.39 is 6.10 Å². The highest BCUT2D eigenvalue weighted by Crippen LogP contribution is 2.32. The van der Waals surface area contributed by atoms with Crippen LogP contribution in [0.2, 0.25) is 5.02 Å². The third kappa shape index (κ3) is 2.84. The Morgan fingerprint density at radius 1 is 1.11 bits per heavy atom. The number of para-hydroxylation sites is 1. The van der Waals surface area contributed by atoms with Crippen LogP contribution in [0, 0.1) is 6.92 Å². The van der Waals surface area contributed by atoms with E-state index in [0.29, 0.717) is 10.8 Å². The van der Waals surface area contributed by atoms with Gasteiger partial charge in [-0.25, -0.2) is 0 Å². The molecule has 1 atom stereocenters. The van der Waals surface area contributed by atoms with Crippen LogP contribution in [0.5, 0.6) is 11.5 Å². The molecule has 0 unspecified atom stereocenters. The minimum atomic E-state index is -0.532. The maximum atomic E-state index is 9.47. The van der Waals surface area contributed by atoms with Crippen molar-refractivity contribution in [2.45, 2.75) is 20.0 Å². The second-order valence-corrected chi connectivity index (χ2v) is 4.64. The fourth-order valence-corrected chi connectivity index (χ4v) is 1.88. The monoisotopic (exact) mass is 262 g/mol. The minimum absolute atomic E-state index is 0.497. The Labute approximate surface area is 112 Å². The Hall–Kier alpha value is -1.51. The van der Waals surface area contributed by atoms with Crippen LogP contribution in [-0.2, 0) is 0 Å². The fraction of sp³-hybridized carbons (Fsp3) is 0.200. The second-order valence-electron chi connectivity index (χ2n) is 4.23. The summed E-state index contributed by atoms with van der Waals surface area (Å²) in [6.45, 7) is 3.68. The van der Waals surface area contributed by atoms with Crippen LogP contribution < -0.4 is 4.74 Å². The van der Waals surface area contributed by atoms with Crippen LogP contribution in [0.4, 0.5) is 0 Å². The van der Waals surface area contributed by atoms with Crippen molar-refractivity contribution in [3.63, 3.8) is 0 Å². The lowest BCUT2D eigenvalue weighted by Crippen LogP contribution is -1.93. The van der Waals surface area contributed by atoms with Gasteiger partial charge in [-0.05, 0) is 43.2 Å². The zero-order valence-corrected chi connectivity index (χ0v) is 11.1. The van der Waals surface area contributed by atoms with Gasteiger partial charge in [0, 0.05) is 0 Å². The van der Waals surface area contributed by atoms with E-state index in [-0.39, 0.29) is 0 Å². The Kier molecular flexibility index (Phi) is 3.90. The van der Waals surface area contributed by atoms with Crippen LogP contribution in [0.3, 0.4) is 0 Å². The van der Waals surface area contributed by atoms with Crippen molar-refractivity contribution in [3.05, 3.63) is 58.6 Å². The number of rotatable bonds is 3. The predicted molar refractivity (Wildman–Crippen MR) is 73.3 cm³/mol. The number of aryl methyl sites for hydroxylation is 1. The third-order valence-electron chi connectivity index (χ3n) is 2.75. The van der Waals surface area contributed by atoms with Crippen molar-refractivity contribution in [1.82, 2.24) is 0 Å². The lowest BCUT2D eigenvalue weighted by molar-refractivity contribution is 0.199. The smallest absolute Gasteiger partial charge is 0.146 e. The Morgan fingerprint density at radius 2 is 1.83 bits per heavy atom. The van der Waals surface area contributed by atoms with Crippen molar-refractivity contribution in [2.24, 2.45) is 0 Å². The molecule has 3 heteroatoms. The summed E-state index contributed by atoms with van der Waals surface area (Å²) in [5.74, 6) is 1.37. The first-order valence-electron chi connectivity index (χ1n) is 5.79. The Bertz CT molecular complexity index is 550. The molecule has 0 aliphatic carbocycles. The number of hydrogen-bond donors (Lipinski definition) is 1. The molecule has 2 aromatic carbocycles. The number of aliphatic hydroxyl groups is 1. The van der Waals surface area contributed by atoms with Crippen molar-refractivity contribution in [1.29, 1.82) is 0 Å². The van der Waals surface area contributed by atoms with E-state index in [9.17, 15) is 5.11 Å². The van der Waals surface area contributed by atoms with E-state index in [2.05, 4.69) is 0 Å². The molecular weight excluding hydrogens is 248 g/mol. The number of ether oxygens (including phenoxy) is 1. The SMILES string of the molecule is Cc1ccccc1Oc1ccc([C@H](C)O)cc1Cl. The van der Waals surface area contributed by atoms with E-state index in [0.717, 1.165) is 16.9 Å². The number of halogens is 1. The number of aliphatic hydroxyl groups excluding tert-OH is 1. The average molecular weight is 263 g/mol. The van der Waals surface area contributed by atoms with Gasteiger partial charge in [0.15, 0.2) is 0 Å². The molecule has 0 radical (unpaired) electrons. The molecule has 0 bridgehead atoms. The average Bonchev–Trinajstić information content (AvgIpc) is 2.34. The summed E-state index contributed by atoms with van der Waals surface area (Å²) in [6.07, 6.45) is -0.532. The third-order valence-corrected chi connectivity index (χ3v) is 3.05. The molecule has 0 saturated heterocycles. The van der Waals surface area contributed by atoms with E-state index in [1.54, 1.807) is 19.1 Å². The van der Waals surface area contributed by atoms with Gasteiger partial charge in [0.05, 0.1) is 11.1 Å². The summed E-state index contributed by atoms with van der Waals surface area (Å²) in [5, 5.41) is 9.97. The molecule has 2 nitrogen and oxygen atoms in total. The summed E-state index contributed by atoms with van der Waals surface area (Å²) in [4.78, 5) is 0. The van der Waals surface area contributed by atoms with Gasteiger partial charge in [-0.1, -0.05) is 35.9 Å². The maximum absolute atomic E-state index is 9.47. The molecule has 0 aromatic heterocycles. The maximum Gasteiger partial charge on any atom is 0.146 e. The zero-order valence-electron chi connectivity index (χ0n) is 10.4. The van der Waals surface area contributed by atoms with Gasteiger partial charge < -0.3 is 9.84 Å².